The van der Waals surface area contributed by atoms with Gasteiger partial charge in [0.1, 0.15) is 16.5 Å². The topological polar surface area (TPSA) is 56.6 Å². The Morgan fingerprint density at radius 2 is 1.65 bits per heavy atom. The van der Waals surface area contributed by atoms with Crippen molar-refractivity contribution in [1.29, 1.82) is 0 Å². The summed E-state index contributed by atoms with van der Waals surface area (Å²) in [6.07, 6.45) is 6.40. The first-order chi connectivity index (χ1) is 15.2. The molecular weight excluding hydrogens is 406 g/mol. The Bertz CT molecular complexity index is 936. The Labute approximate surface area is 189 Å². The van der Waals surface area contributed by atoms with E-state index >= 15 is 0 Å². The average molecular weight is 438 g/mol. The molecule has 0 aliphatic heterocycles. The quantitative estimate of drug-likeness (QED) is 0.227. The van der Waals surface area contributed by atoms with Gasteiger partial charge in [-0.15, -0.1) is 10.2 Å². The van der Waals surface area contributed by atoms with E-state index in [1.54, 1.807) is 6.21 Å². The number of aliphatic imine (C=N–C) groups is 1. The van der Waals surface area contributed by atoms with Crippen molar-refractivity contribution in [2.75, 3.05) is 13.2 Å². The number of aromatic nitrogens is 2. The van der Waals surface area contributed by atoms with E-state index in [4.69, 9.17) is 9.47 Å². The van der Waals surface area contributed by atoms with Gasteiger partial charge >= 0.3 is 0 Å². The van der Waals surface area contributed by atoms with Gasteiger partial charge in [-0.25, -0.2) is 4.99 Å². The van der Waals surface area contributed by atoms with Crippen LogP contribution >= 0.6 is 11.3 Å². The van der Waals surface area contributed by atoms with Gasteiger partial charge in [-0.3, -0.25) is 0 Å². The molecule has 0 bridgehead atoms. The Morgan fingerprint density at radius 1 is 0.935 bits per heavy atom. The fraction of sp³-hybridized carbons (Fsp3) is 0.400. The summed E-state index contributed by atoms with van der Waals surface area (Å²) in [5, 5.41) is 9.94. The molecule has 0 aliphatic rings. The molecule has 0 spiro atoms. The highest BCUT2D eigenvalue weighted by molar-refractivity contribution is 7.18. The van der Waals surface area contributed by atoms with Crippen LogP contribution in [0.1, 0.15) is 52.0 Å². The summed E-state index contributed by atoms with van der Waals surface area (Å²) in [4.78, 5) is 4.47. The lowest BCUT2D eigenvalue weighted by atomic mass is 10.1. The highest BCUT2D eigenvalue weighted by Gasteiger charge is 2.06. The summed E-state index contributed by atoms with van der Waals surface area (Å²) in [5.41, 5.74) is 2.01. The van der Waals surface area contributed by atoms with Crippen molar-refractivity contribution in [3.8, 4) is 22.1 Å². The first kappa shape index (κ1) is 22.9. The molecule has 6 heteroatoms. The van der Waals surface area contributed by atoms with Crippen molar-refractivity contribution in [2.24, 2.45) is 10.9 Å². The third kappa shape index (κ3) is 7.47. The first-order valence-electron chi connectivity index (χ1n) is 11.0. The maximum absolute atomic E-state index is 5.80. The molecule has 0 radical (unpaired) electrons. The van der Waals surface area contributed by atoms with E-state index in [0.29, 0.717) is 11.0 Å². The van der Waals surface area contributed by atoms with E-state index in [1.807, 2.05) is 48.5 Å². The maximum Gasteiger partial charge on any atom is 0.231 e. The van der Waals surface area contributed by atoms with Gasteiger partial charge in [0.05, 0.1) is 13.2 Å². The monoisotopic (exact) mass is 437 g/mol. The van der Waals surface area contributed by atoms with Gasteiger partial charge in [0.25, 0.3) is 0 Å². The minimum absolute atomic E-state index is 0.558. The third-order valence-corrected chi connectivity index (χ3v) is 5.85. The fourth-order valence-electron chi connectivity index (χ4n) is 2.76. The van der Waals surface area contributed by atoms with E-state index in [1.165, 1.54) is 24.2 Å². The van der Waals surface area contributed by atoms with Crippen LogP contribution in [0.5, 0.6) is 11.5 Å². The van der Waals surface area contributed by atoms with Crippen LogP contribution < -0.4 is 9.47 Å². The zero-order valence-electron chi connectivity index (χ0n) is 18.6. The van der Waals surface area contributed by atoms with Gasteiger partial charge in [0.2, 0.25) is 5.13 Å². The largest absolute Gasteiger partial charge is 0.494 e. The normalized spacial score (nSPS) is 12.2. The molecule has 0 amide bonds. The van der Waals surface area contributed by atoms with Crippen molar-refractivity contribution in [3.63, 3.8) is 0 Å². The van der Waals surface area contributed by atoms with Gasteiger partial charge in [-0.05, 0) is 66.4 Å². The van der Waals surface area contributed by atoms with E-state index < -0.39 is 0 Å². The van der Waals surface area contributed by atoms with Gasteiger partial charge in [-0.1, -0.05) is 51.4 Å². The minimum atomic E-state index is 0.558. The lowest BCUT2D eigenvalue weighted by Gasteiger charge is -2.10. The van der Waals surface area contributed by atoms with Crippen LogP contribution in [0.2, 0.25) is 0 Å². The van der Waals surface area contributed by atoms with Crippen molar-refractivity contribution in [2.45, 2.75) is 46.5 Å². The molecule has 1 atom stereocenters. The number of unbranched alkanes of at least 4 members (excludes halogenated alkanes) is 2. The summed E-state index contributed by atoms with van der Waals surface area (Å²) in [7, 11) is 0. The number of benzene rings is 2. The molecule has 1 aromatic heterocycles. The van der Waals surface area contributed by atoms with E-state index in [9.17, 15) is 0 Å². The lowest BCUT2D eigenvalue weighted by Crippen LogP contribution is -2.07. The van der Waals surface area contributed by atoms with Gasteiger partial charge in [-0.2, -0.15) is 0 Å². The number of hydrogen-bond acceptors (Lipinski definition) is 6. The van der Waals surface area contributed by atoms with Crippen molar-refractivity contribution >= 4 is 22.7 Å². The fourth-order valence-corrected chi connectivity index (χ4v) is 3.45. The second-order valence-corrected chi connectivity index (χ2v) is 8.58. The van der Waals surface area contributed by atoms with E-state index in [0.717, 1.165) is 53.7 Å². The van der Waals surface area contributed by atoms with E-state index in [2.05, 4.69) is 36.0 Å². The molecule has 1 heterocycles. The molecule has 164 valence electrons. The molecule has 2 aromatic carbocycles. The molecule has 0 unspecified atom stereocenters. The zero-order valence-corrected chi connectivity index (χ0v) is 19.4. The van der Waals surface area contributed by atoms with E-state index in [-0.39, 0.29) is 0 Å². The van der Waals surface area contributed by atoms with Gasteiger partial charge in [0, 0.05) is 11.8 Å². The summed E-state index contributed by atoms with van der Waals surface area (Å²) in [6, 6.07) is 15.9. The standard InChI is InChI=1S/C25H31N3O2S/c1-4-6-7-16-29-22-14-10-21(11-15-22)24-27-28-25(31-24)26-17-20-8-12-23(13-9-20)30-18-19(3)5-2/h8-15,17,19H,4-7,16,18H2,1-3H3/b26-17+/t19-/m1/s1. The van der Waals surface area contributed by atoms with Crippen LogP contribution in [0.3, 0.4) is 0 Å². The van der Waals surface area contributed by atoms with Crippen LogP contribution in [0.4, 0.5) is 5.13 Å². The lowest BCUT2D eigenvalue weighted by molar-refractivity contribution is 0.256. The maximum atomic E-state index is 5.80. The Hall–Kier alpha value is -2.73. The zero-order chi connectivity index (χ0) is 21.9. The Balaban J connectivity index is 1.54. The molecule has 0 fully saturated rings. The molecule has 0 saturated heterocycles. The molecule has 3 rings (SSSR count). The van der Waals surface area contributed by atoms with Crippen LogP contribution in [0.25, 0.3) is 10.6 Å². The third-order valence-electron chi connectivity index (χ3n) is 4.97. The molecule has 0 saturated carbocycles. The highest BCUT2D eigenvalue weighted by Crippen LogP contribution is 2.29. The number of ether oxygens (including phenoxy) is 2. The summed E-state index contributed by atoms with van der Waals surface area (Å²) < 4.78 is 11.6. The molecule has 0 N–H and O–H groups in total. The summed E-state index contributed by atoms with van der Waals surface area (Å²) >= 11 is 1.47. The summed E-state index contributed by atoms with van der Waals surface area (Å²) in [6.45, 7) is 8.05. The highest BCUT2D eigenvalue weighted by atomic mass is 32.1. The van der Waals surface area contributed by atoms with Gasteiger partial charge in [0.15, 0.2) is 0 Å². The van der Waals surface area contributed by atoms with Crippen LogP contribution in [0.15, 0.2) is 53.5 Å². The molecule has 31 heavy (non-hydrogen) atoms. The summed E-state index contributed by atoms with van der Waals surface area (Å²) in [5.74, 6) is 2.33. The number of hydrogen-bond donors (Lipinski definition) is 0. The van der Waals surface area contributed by atoms with Crippen LogP contribution in [-0.4, -0.2) is 29.6 Å². The predicted molar refractivity (Wildman–Crippen MR) is 129 cm³/mol. The number of rotatable bonds is 12. The smallest absolute Gasteiger partial charge is 0.231 e. The first-order valence-corrected chi connectivity index (χ1v) is 11.8. The minimum Gasteiger partial charge on any atom is -0.494 e. The second kappa shape index (κ2) is 12.2. The molecular formula is C25H31N3O2S. The number of nitrogens with zero attached hydrogens (tertiary/aromatic N) is 3. The predicted octanol–water partition coefficient (Wildman–Crippen LogP) is 6.95. The second-order valence-electron chi connectivity index (χ2n) is 7.62. The molecule has 0 aliphatic carbocycles. The average Bonchev–Trinajstić information content (AvgIpc) is 3.29. The Morgan fingerprint density at radius 3 is 2.35 bits per heavy atom. The molecule has 5 nitrogen and oxygen atoms in total. The van der Waals surface area contributed by atoms with Crippen molar-refractivity contribution < 1.29 is 9.47 Å². The molecule has 3 aromatic rings. The van der Waals surface area contributed by atoms with Crippen LogP contribution in [-0.2, 0) is 0 Å². The van der Waals surface area contributed by atoms with Crippen LogP contribution in [0, 0.1) is 5.92 Å². The SMILES string of the molecule is CCCCCOc1ccc(-c2nnc(/N=C/c3ccc(OC[C@H](C)CC)cc3)s2)cc1. The van der Waals surface area contributed by atoms with Crippen molar-refractivity contribution in [1.82, 2.24) is 10.2 Å². The Kier molecular flexibility index (Phi) is 9.03. The van der Waals surface area contributed by atoms with Crippen molar-refractivity contribution in [3.05, 3.63) is 54.1 Å². The van der Waals surface area contributed by atoms with Gasteiger partial charge < -0.3 is 9.47 Å².